The van der Waals surface area contributed by atoms with E-state index in [9.17, 15) is 19.8 Å². The highest BCUT2D eigenvalue weighted by atomic mass is 16.3. The molecule has 0 unspecified atom stereocenters. The van der Waals surface area contributed by atoms with Crippen LogP contribution in [0.2, 0.25) is 0 Å². The topological polar surface area (TPSA) is 93.1 Å². The van der Waals surface area contributed by atoms with E-state index in [4.69, 9.17) is 0 Å². The molecule has 2 saturated carbocycles. The second-order valence-electron chi connectivity index (χ2n) is 11.2. The zero-order valence-corrected chi connectivity index (χ0v) is 19.3. The number of aromatic hydroxyl groups is 1. The van der Waals surface area contributed by atoms with Crippen molar-refractivity contribution in [3.63, 3.8) is 0 Å². The second-order valence-corrected chi connectivity index (χ2v) is 11.2. The SMILES string of the molecule is O=C1C[C@]23CCN[C@H](Cc4ccc(O)cc42)[C@]3(O)CCCN(CC2CC2)C(=O)N1CC1CC1. The summed E-state index contributed by atoms with van der Waals surface area (Å²) < 4.78 is 0. The lowest BCUT2D eigenvalue weighted by atomic mass is 9.52. The van der Waals surface area contributed by atoms with Gasteiger partial charge in [-0.05, 0) is 93.0 Å². The van der Waals surface area contributed by atoms with Crippen LogP contribution in [0.5, 0.6) is 5.75 Å². The highest BCUT2D eigenvalue weighted by molar-refractivity contribution is 5.95. The fraction of sp³-hybridized carbons (Fsp3) is 0.692. The first-order valence-electron chi connectivity index (χ1n) is 12.8. The summed E-state index contributed by atoms with van der Waals surface area (Å²) in [5.74, 6) is 0.941. The Bertz CT molecular complexity index is 974. The van der Waals surface area contributed by atoms with Crippen LogP contribution in [-0.2, 0) is 16.6 Å². The standard InChI is InChI=1S/C26H35N3O4/c30-20-7-6-19-12-22-26(33)8-1-11-28(15-17-2-3-17)24(32)29(16-18-4-5-18)23(31)14-25(26,9-10-27-22)21(19)13-20/h6-7,13,17-18,22,27,30,33H,1-5,8-12,14-16H2/t22-,25-,26-/m1/s1. The maximum atomic E-state index is 13.9. The Labute approximate surface area is 195 Å². The zero-order chi connectivity index (χ0) is 22.8. The minimum absolute atomic E-state index is 0.105. The lowest BCUT2D eigenvalue weighted by Gasteiger charge is -2.59. The fourth-order valence-corrected chi connectivity index (χ4v) is 6.73. The number of amides is 3. The number of carbonyl (C=O) groups excluding carboxylic acids is 2. The zero-order valence-electron chi connectivity index (χ0n) is 19.3. The quantitative estimate of drug-likeness (QED) is 0.652. The van der Waals surface area contributed by atoms with Crippen molar-refractivity contribution in [2.45, 2.75) is 74.8 Å². The molecule has 2 heterocycles. The van der Waals surface area contributed by atoms with Gasteiger partial charge in [0.1, 0.15) is 5.75 Å². The lowest BCUT2D eigenvalue weighted by Crippen LogP contribution is -2.72. The number of rotatable bonds is 4. The molecular formula is C26H35N3O4. The number of aliphatic hydroxyl groups is 1. The molecule has 6 rings (SSSR count). The van der Waals surface area contributed by atoms with Crippen molar-refractivity contribution in [1.82, 2.24) is 15.1 Å². The summed E-state index contributed by atoms with van der Waals surface area (Å²) in [7, 11) is 0. The second kappa shape index (κ2) is 7.70. The normalized spacial score (nSPS) is 34.6. The Balaban J connectivity index is 1.43. The van der Waals surface area contributed by atoms with Gasteiger partial charge in [-0.2, -0.15) is 0 Å². The molecule has 0 radical (unpaired) electrons. The number of phenolic OH excluding ortho intramolecular Hbond substituents is 1. The van der Waals surface area contributed by atoms with Crippen LogP contribution < -0.4 is 5.32 Å². The van der Waals surface area contributed by atoms with Crippen molar-refractivity contribution in [3.05, 3.63) is 29.3 Å². The molecular weight excluding hydrogens is 418 g/mol. The van der Waals surface area contributed by atoms with Crippen LogP contribution >= 0.6 is 0 Å². The molecule has 2 saturated heterocycles. The Morgan fingerprint density at radius 3 is 2.58 bits per heavy atom. The van der Waals surface area contributed by atoms with Gasteiger partial charge in [-0.25, -0.2) is 4.79 Å². The smallest absolute Gasteiger partial charge is 0.326 e. The largest absolute Gasteiger partial charge is 0.508 e. The molecule has 4 fully saturated rings. The van der Waals surface area contributed by atoms with E-state index in [1.54, 1.807) is 12.1 Å². The molecule has 3 aliphatic carbocycles. The molecule has 0 spiro atoms. The first-order chi connectivity index (χ1) is 15.9. The Kier molecular flexibility index (Phi) is 5.00. The highest BCUT2D eigenvalue weighted by Gasteiger charge is 2.61. The number of imide groups is 1. The third-order valence-electron chi connectivity index (χ3n) is 8.94. The highest BCUT2D eigenvalue weighted by Crippen LogP contribution is 2.54. The summed E-state index contributed by atoms with van der Waals surface area (Å²) in [6.45, 7) is 2.48. The van der Waals surface area contributed by atoms with Gasteiger partial charge in [0.05, 0.1) is 5.60 Å². The van der Waals surface area contributed by atoms with Crippen LogP contribution in [0.25, 0.3) is 0 Å². The van der Waals surface area contributed by atoms with Crippen LogP contribution in [-0.4, -0.2) is 69.8 Å². The molecule has 3 atom stereocenters. The first-order valence-corrected chi connectivity index (χ1v) is 12.8. The van der Waals surface area contributed by atoms with Gasteiger partial charge in [0.25, 0.3) is 0 Å². The summed E-state index contributed by atoms with van der Waals surface area (Å²) >= 11 is 0. The third-order valence-corrected chi connectivity index (χ3v) is 8.94. The number of carbonyl (C=O) groups is 2. The number of benzene rings is 1. The molecule has 3 amide bonds. The minimum Gasteiger partial charge on any atom is -0.508 e. The predicted molar refractivity (Wildman–Crippen MR) is 123 cm³/mol. The van der Waals surface area contributed by atoms with E-state index in [1.807, 2.05) is 11.0 Å². The molecule has 1 aromatic rings. The summed E-state index contributed by atoms with van der Waals surface area (Å²) in [6, 6.07) is 5.10. The van der Waals surface area contributed by atoms with Gasteiger partial charge in [-0.3, -0.25) is 9.69 Å². The molecule has 0 aromatic heterocycles. The number of hydrogen-bond acceptors (Lipinski definition) is 5. The van der Waals surface area contributed by atoms with E-state index in [-0.39, 0.29) is 30.2 Å². The Morgan fingerprint density at radius 1 is 1.06 bits per heavy atom. The van der Waals surface area contributed by atoms with Crippen molar-refractivity contribution in [3.8, 4) is 5.75 Å². The number of fused-ring (bicyclic) bond motifs is 1. The summed E-state index contributed by atoms with van der Waals surface area (Å²) in [6.07, 6.45) is 7.07. The van der Waals surface area contributed by atoms with Crippen molar-refractivity contribution in [1.29, 1.82) is 0 Å². The molecule has 2 bridgehead atoms. The predicted octanol–water partition coefficient (Wildman–Crippen LogP) is 2.53. The van der Waals surface area contributed by atoms with Gasteiger partial charge in [-0.1, -0.05) is 6.07 Å². The minimum atomic E-state index is -1.10. The van der Waals surface area contributed by atoms with Gasteiger partial charge in [0.15, 0.2) is 0 Å². The molecule has 1 aromatic carbocycles. The average Bonchev–Trinajstić information content (AvgIpc) is 3.69. The number of piperidine rings is 1. The fourth-order valence-electron chi connectivity index (χ4n) is 6.73. The summed E-state index contributed by atoms with van der Waals surface area (Å²) in [4.78, 5) is 30.9. The average molecular weight is 454 g/mol. The van der Waals surface area contributed by atoms with E-state index in [2.05, 4.69) is 5.32 Å². The van der Waals surface area contributed by atoms with Crippen LogP contribution in [0.1, 0.15) is 62.5 Å². The number of nitrogens with one attached hydrogen (secondary N) is 1. The van der Waals surface area contributed by atoms with Crippen LogP contribution in [0.15, 0.2) is 18.2 Å². The molecule has 3 N–H and O–H groups in total. The van der Waals surface area contributed by atoms with Gasteiger partial charge < -0.3 is 20.4 Å². The Morgan fingerprint density at radius 2 is 1.82 bits per heavy atom. The van der Waals surface area contributed by atoms with Crippen molar-refractivity contribution in [2.24, 2.45) is 11.8 Å². The van der Waals surface area contributed by atoms with E-state index in [0.717, 1.165) is 43.4 Å². The van der Waals surface area contributed by atoms with E-state index >= 15 is 0 Å². The van der Waals surface area contributed by atoms with E-state index in [1.165, 1.54) is 4.90 Å². The van der Waals surface area contributed by atoms with Crippen LogP contribution in [0.4, 0.5) is 4.79 Å². The van der Waals surface area contributed by atoms with Crippen molar-refractivity contribution in [2.75, 3.05) is 26.2 Å². The molecule has 5 aliphatic rings. The first kappa shape index (κ1) is 21.4. The number of nitrogens with zero attached hydrogens (tertiary/aromatic N) is 2. The summed E-state index contributed by atoms with van der Waals surface area (Å²) in [5, 5.41) is 26.2. The van der Waals surface area contributed by atoms with Crippen LogP contribution in [0.3, 0.4) is 0 Å². The number of hydrogen-bond donors (Lipinski definition) is 3. The third kappa shape index (κ3) is 3.55. The molecule has 33 heavy (non-hydrogen) atoms. The number of phenols is 1. The lowest BCUT2D eigenvalue weighted by molar-refractivity contribution is -0.144. The molecule has 7 nitrogen and oxygen atoms in total. The maximum Gasteiger partial charge on any atom is 0.326 e. The Hall–Kier alpha value is -2.12. The number of urea groups is 1. The monoisotopic (exact) mass is 453 g/mol. The van der Waals surface area contributed by atoms with Gasteiger partial charge in [0, 0.05) is 37.5 Å². The molecule has 7 heteroatoms. The van der Waals surface area contributed by atoms with E-state index < -0.39 is 11.0 Å². The maximum absolute atomic E-state index is 13.9. The van der Waals surface area contributed by atoms with Crippen molar-refractivity contribution < 1.29 is 19.8 Å². The van der Waals surface area contributed by atoms with Gasteiger partial charge >= 0.3 is 6.03 Å². The van der Waals surface area contributed by atoms with Crippen molar-refractivity contribution >= 4 is 11.9 Å². The van der Waals surface area contributed by atoms with Crippen LogP contribution in [0, 0.1) is 11.8 Å². The summed E-state index contributed by atoms with van der Waals surface area (Å²) in [5.41, 5.74) is 0.0753. The molecule has 178 valence electrons. The molecule has 2 aliphatic heterocycles. The van der Waals surface area contributed by atoms with Gasteiger partial charge in [-0.15, -0.1) is 0 Å². The van der Waals surface area contributed by atoms with E-state index in [0.29, 0.717) is 57.2 Å². The van der Waals surface area contributed by atoms with Gasteiger partial charge in [0.2, 0.25) is 5.91 Å².